The first-order valence-corrected chi connectivity index (χ1v) is 7.78. The number of benzene rings is 1. The molecule has 3 heteroatoms. The van der Waals surface area contributed by atoms with E-state index in [0.717, 1.165) is 43.2 Å². The summed E-state index contributed by atoms with van der Waals surface area (Å²) in [6, 6.07) is 5.15. The van der Waals surface area contributed by atoms with Crippen molar-refractivity contribution in [2.45, 2.75) is 38.3 Å². The van der Waals surface area contributed by atoms with Gasteiger partial charge in [0.05, 0.1) is 6.61 Å². The third-order valence-electron chi connectivity index (χ3n) is 4.72. The van der Waals surface area contributed by atoms with E-state index in [9.17, 15) is 0 Å². The average Bonchev–Trinajstić information content (AvgIpc) is 2.81. The SMILES string of the molecule is Brc1cc2c(c(CNC3CCC4CC43)c1)OCC2. The molecule has 1 N–H and O–H groups in total. The fourth-order valence-corrected chi connectivity index (χ4v) is 4.23. The van der Waals surface area contributed by atoms with E-state index >= 15 is 0 Å². The van der Waals surface area contributed by atoms with E-state index < -0.39 is 0 Å². The Morgan fingerprint density at radius 2 is 2.28 bits per heavy atom. The molecule has 2 fully saturated rings. The van der Waals surface area contributed by atoms with Gasteiger partial charge in [-0.05, 0) is 48.8 Å². The monoisotopic (exact) mass is 307 g/mol. The molecule has 4 rings (SSSR count). The van der Waals surface area contributed by atoms with Crippen molar-refractivity contribution in [3.8, 4) is 5.75 Å². The lowest BCUT2D eigenvalue weighted by molar-refractivity contribution is 0.350. The molecule has 1 aliphatic heterocycles. The molecule has 1 heterocycles. The van der Waals surface area contributed by atoms with E-state index in [1.807, 2.05) is 0 Å². The quantitative estimate of drug-likeness (QED) is 0.925. The number of rotatable bonds is 3. The Labute approximate surface area is 116 Å². The van der Waals surface area contributed by atoms with E-state index in [-0.39, 0.29) is 0 Å². The van der Waals surface area contributed by atoms with E-state index in [0.29, 0.717) is 0 Å². The topological polar surface area (TPSA) is 21.3 Å². The molecule has 96 valence electrons. The molecule has 1 aromatic carbocycles. The van der Waals surface area contributed by atoms with Crippen LogP contribution < -0.4 is 10.1 Å². The Balaban J connectivity index is 1.50. The van der Waals surface area contributed by atoms with Crippen LogP contribution in [0.2, 0.25) is 0 Å². The van der Waals surface area contributed by atoms with Gasteiger partial charge in [-0.15, -0.1) is 0 Å². The highest BCUT2D eigenvalue weighted by Gasteiger charge is 2.47. The fraction of sp³-hybridized carbons (Fsp3) is 0.600. The van der Waals surface area contributed by atoms with Crippen molar-refractivity contribution in [2.75, 3.05) is 6.61 Å². The lowest BCUT2D eigenvalue weighted by atomic mass is 10.1. The minimum atomic E-state index is 0.756. The summed E-state index contributed by atoms with van der Waals surface area (Å²) in [5.41, 5.74) is 2.68. The van der Waals surface area contributed by atoms with Crippen molar-refractivity contribution in [1.29, 1.82) is 0 Å². The zero-order valence-electron chi connectivity index (χ0n) is 10.4. The predicted octanol–water partition coefficient (Wildman–Crippen LogP) is 3.27. The average molecular weight is 308 g/mol. The van der Waals surface area contributed by atoms with Crippen molar-refractivity contribution in [3.63, 3.8) is 0 Å². The molecule has 0 spiro atoms. The fourth-order valence-electron chi connectivity index (χ4n) is 3.68. The number of hydrogen-bond donors (Lipinski definition) is 1. The van der Waals surface area contributed by atoms with Gasteiger partial charge < -0.3 is 10.1 Å². The molecule has 0 bridgehead atoms. The number of ether oxygens (including phenoxy) is 1. The van der Waals surface area contributed by atoms with Gasteiger partial charge in [-0.2, -0.15) is 0 Å². The number of hydrogen-bond acceptors (Lipinski definition) is 2. The summed E-state index contributed by atoms with van der Waals surface area (Å²) >= 11 is 3.61. The maximum atomic E-state index is 5.78. The second-order valence-corrected chi connectivity index (χ2v) is 6.79. The molecule has 2 aliphatic carbocycles. The summed E-state index contributed by atoms with van der Waals surface area (Å²) in [5, 5.41) is 3.75. The van der Waals surface area contributed by atoms with Crippen molar-refractivity contribution in [2.24, 2.45) is 11.8 Å². The summed E-state index contributed by atoms with van der Waals surface area (Å²) in [6.45, 7) is 1.79. The number of nitrogens with one attached hydrogen (secondary N) is 1. The van der Waals surface area contributed by atoms with Crippen LogP contribution in [0.1, 0.15) is 30.4 Å². The van der Waals surface area contributed by atoms with Crippen LogP contribution >= 0.6 is 15.9 Å². The van der Waals surface area contributed by atoms with Crippen molar-refractivity contribution in [3.05, 3.63) is 27.7 Å². The molecule has 0 radical (unpaired) electrons. The summed E-state index contributed by atoms with van der Waals surface area (Å²) in [6.07, 6.45) is 5.32. The molecule has 2 nitrogen and oxygen atoms in total. The van der Waals surface area contributed by atoms with Crippen LogP contribution in [0.4, 0.5) is 0 Å². The second kappa shape index (κ2) is 4.24. The van der Waals surface area contributed by atoms with Crippen LogP contribution in [0.25, 0.3) is 0 Å². The van der Waals surface area contributed by atoms with E-state index in [1.54, 1.807) is 0 Å². The normalized spacial score (nSPS) is 31.9. The van der Waals surface area contributed by atoms with Crippen LogP contribution in [-0.2, 0) is 13.0 Å². The third kappa shape index (κ3) is 1.88. The van der Waals surface area contributed by atoms with Crippen molar-refractivity contribution < 1.29 is 4.74 Å². The molecule has 0 saturated heterocycles. The first-order valence-electron chi connectivity index (χ1n) is 6.99. The predicted molar refractivity (Wildman–Crippen MR) is 74.8 cm³/mol. The maximum Gasteiger partial charge on any atom is 0.127 e. The van der Waals surface area contributed by atoms with E-state index in [2.05, 4.69) is 33.4 Å². The van der Waals surface area contributed by atoms with Gasteiger partial charge in [0.2, 0.25) is 0 Å². The Hall–Kier alpha value is -0.540. The lowest BCUT2D eigenvalue weighted by Crippen LogP contribution is -2.28. The molecule has 0 amide bonds. The molecule has 3 aliphatic rings. The largest absolute Gasteiger partial charge is 0.493 e. The molecule has 3 atom stereocenters. The van der Waals surface area contributed by atoms with Crippen LogP contribution in [-0.4, -0.2) is 12.6 Å². The van der Waals surface area contributed by atoms with Gasteiger partial charge >= 0.3 is 0 Å². The highest BCUT2D eigenvalue weighted by molar-refractivity contribution is 9.10. The Morgan fingerprint density at radius 3 is 3.06 bits per heavy atom. The van der Waals surface area contributed by atoms with Crippen molar-refractivity contribution in [1.82, 2.24) is 5.32 Å². The van der Waals surface area contributed by atoms with Gasteiger partial charge in [-0.3, -0.25) is 0 Å². The number of halogens is 1. The number of fused-ring (bicyclic) bond motifs is 2. The first-order chi connectivity index (χ1) is 8.81. The highest BCUT2D eigenvalue weighted by atomic mass is 79.9. The van der Waals surface area contributed by atoms with Gasteiger partial charge in [-0.1, -0.05) is 15.9 Å². The highest BCUT2D eigenvalue weighted by Crippen LogP contribution is 2.51. The smallest absolute Gasteiger partial charge is 0.127 e. The Kier molecular flexibility index (Phi) is 2.66. The zero-order chi connectivity index (χ0) is 12.1. The second-order valence-electron chi connectivity index (χ2n) is 5.88. The van der Waals surface area contributed by atoms with Crippen LogP contribution in [0, 0.1) is 11.8 Å². The molecule has 0 aromatic heterocycles. The molecule has 3 unspecified atom stereocenters. The van der Waals surface area contributed by atoms with Gasteiger partial charge in [0.1, 0.15) is 5.75 Å². The molecule has 1 aromatic rings. The molecular formula is C15H18BrNO. The Morgan fingerprint density at radius 1 is 1.33 bits per heavy atom. The van der Waals surface area contributed by atoms with Crippen molar-refractivity contribution >= 4 is 15.9 Å². The van der Waals surface area contributed by atoms with E-state index in [4.69, 9.17) is 4.74 Å². The minimum Gasteiger partial charge on any atom is -0.493 e. The summed E-state index contributed by atoms with van der Waals surface area (Å²) in [5.74, 6) is 3.16. The standard InChI is InChI=1S/C15H18BrNO/c16-12-5-10-3-4-18-15(10)11(6-12)8-17-14-2-1-9-7-13(9)14/h5-6,9,13-14,17H,1-4,7-8H2. The summed E-state index contributed by atoms with van der Waals surface area (Å²) in [7, 11) is 0. The molecule has 18 heavy (non-hydrogen) atoms. The zero-order valence-corrected chi connectivity index (χ0v) is 12.0. The van der Waals surface area contributed by atoms with Gasteiger partial charge in [0.25, 0.3) is 0 Å². The van der Waals surface area contributed by atoms with Gasteiger partial charge in [0.15, 0.2) is 0 Å². The van der Waals surface area contributed by atoms with Gasteiger partial charge in [-0.25, -0.2) is 0 Å². The van der Waals surface area contributed by atoms with Crippen LogP contribution in [0.5, 0.6) is 5.75 Å². The van der Waals surface area contributed by atoms with Gasteiger partial charge in [0, 0.05) is 29.0 Å². The lowest BCUT2D eigenvalue weighted by Gasteiger charge is -2.16. The van der Waals surface area contributed by atoms with E-state index in [1.165, 1.54) is 34.9 Å². The maximum absolute atomic E-state index is 5.78. The summed E-state index contributed by atoms with van der Waals surface area (Å²) in [4.78, 5) is 0. The molecular weight excluding hydrogens is 290 g/mol. The third-order valence-corrected chi connectivity index (χ3v) is 5.18. The first kappa shape index (κ1) is 11.3. The van der Waals surface area contributed by atoms with Crippen LogP contribution in [0.3, 0.4) is 0 Å². The molecule has 2 saturated carbocycles. The summed E-state index contributed by atoms with van der Waals surface area (Å²) < 4.78 is 6.96. The minimum absolute atomic E-state index is 0.756. The van der Waals surface area contributed by atoms with Crippen LogP contribution in [0.15, 0.2) is 16.6 Å². The Bertz CT molecular complexity index is 488.